The maximum Gasteiger partial charge on any atom is 0.453 e. The van der Waals surface area contributed by atoms with E-state index in [0.717, 1.165) is 10.9 Å². The van der Waals surface area contributed by atoms with E-state index in [9.17, 15) is 13.2 Å². The molecule has 2 aromatic heterocycles. The number of rotatable bonds is 5. The van der Waals surface area contributed by atoms with Gasteiger partial charge in [0, 0.05) is 6.54 Å². The van der Waals surface area contributed by atoms with E-state index < -0.39 is 12.0 Å². The van der Waals surface area contributed by atoms with Crippen LogP contribution in [0.2, 0.25) is 0 Å². The molecular weight excluding hydrogens is 375 g/mol. The van der Waals surface area contributed by atoms with Gasteiger partial charge in [-0.3, -0.25) is 0 Å². The lowest BCUT2D eigenvalue weighted by atomic mass is 10.2. The van der Waals surface area contributed by atoms with E-state index in [2.05, 4.69) is 15.3 Å². The number of benzene rings is 1. The van der Waals surface area contributed by atoms with E-state index in [1.54, 1.807) is 6.07 Å². The highest BCUT2D eigenvalue weighted by Crippen LogP contribution is 2.32. The Hall–Kier alpha value is -3.04. The van der Waals surface area contributed by atoms with Crippen molar-refractivity contribution in [3.8, 4) is 11.5 Å². The number of nitrogens with zero attached hydrogens (tertiary/aromatic N) is 5. The van der Waals surface area contributed by atoms with Crippen LogP contribution in [-0.4, -0.2) is 45.6 Å². The molecule has 3 aromatic rings. The van der Waals surface area contributed by atoms with Gasteiger partial charge in [-0.2, -0.15) is 17.7 Å². The highest BCUT2D eigenvalue weighted by molar-refractivity contribution is 5.46. The van der Waals surface area contributed by atoms with Crippen molar-refractivity contribution in [3.05, 3.63) is 42.2 Å². The fourth-order valence-corrected chi connectivity index (χ4v) is 3.09. The molecule has 7 nitrogen and oxygen atoms in total. The van der Waals surface area contributed by atoms with Crippen molar-refractivity contribution in [2.45, 2.75) is 25.6 Å². The molecule has 4 rings (SSSR count). The van der Waals surface area contributed by atoms with E-state index in [0.29, 0.717) is 37.0 Å². The SMILES string of the molecule is CCCN(C[C@H]1COc2ccccc2O1)c1ccc2nnc(C(F)(F)F)n2n1. The van der Waals surface area contributed by atoms with E-state index in [4.69, 9.17) is 9.47 Å². The van der Waals surface area contributed by atoms with Gasteiger partial charge in [0.15, 0.2) is 23.3 Å². The maximum absolute atomic E-state index is 13.1. The predicted octanol–water partition coefficient (Wildman–Crippen LogP) is 3.20. The van der Waals surface area contributed by atoms with Crippen LogP contribution < -0.4 is 14.4 Å². The van der Waals surface area contributed by atoms with Gasteiger partial charge in [-0.05, 0) is 30.7 Å². The molecule has 0 radical (unpaired) electrons. The molecule has 0 fully saturated rings. The van der Waals surface area contributed by atoms with Crippen LogP contribution in [0.15, 0.2) is 36.4 Å². The Morgan fingerprint density at radius 2 is 1.93 bits per heavy atom. The zero-order chi connectivity index (χ0) is 19.7. The first-order valence-electron chi connectivity index (χ1n) is 8.89. The summed E-state index contributed by atoms with van der Waals surface area (Å²) in [4.78, 5) is 1.88. The minimum atomic E-state index is -4.63. The van der Waals surface area contributed by atoms with Crippen molar-refractivity contribution in [1.82, 2.24) is 19.8 Å². The van der Waals surface area contributed by atoms with E-state index in [-0.39, 0.29) is 11.8 Å². The Morgan fingerprint density at radius 3 is 2.68 bits per heavy atom. The van der Waals surface area contributed by atoms with Gasteiger partial charge in [0.25, 0.3) is 5.82 Å². The molecule has 0 saturated carbocycles. The first-order chi connectivity index (χ1) is 13.5. The van der Waals surface area contributed by atoms with Crippen LogP contribution in [0.3, 0.4) is 0 Å². The van der Waals surface area contributed by atoms with Crippen molar-refractivity contribution >= 4 is 11.5 Å². The summed E-state index contributed by atoms with van der Waals surface area (Å²) in [6.45, 7) is 3.35. The monoisotopic (exact) mass is 393 g/mol. The van der Waals surface area contributed by atoms with Gasteiger partial charge in [0.2, 0.25) is 0 Å². The number of halogens is 3. The summed E-state index contributed by atoms with van der Waals surface area (Å²) >= 11 is 0. The number of anilines is 1. The van der Waals surface area contributed by atoms with Crippen LogP contribution in [0, 0.1) is 0 Å². The Balaban J connectivity index is 1.59. The molecule has 28 heavy (non-hydrogen) atoms. The number of fused-ring (bicyclic) bond motifs is 2. The maximum atomic E-state index is 13.1. The van der Waals surface area contributed by atoms with Crippen molar-refractivity contribution in [2.75, 3.05) is 24.6 Å². The second kappa shape index (κ2) is 7.17. The molecule has 1 atom stereocenters. The second-order valence-corrected chi connectivity index (χ2v) is 6.43. The fourth-order valence-electron chi connectivity index (χ4n) is 3.09. The van der Waals surface area contributed by atoms with Crippen molar-refractivity contribution in [3.63, 3.8) is 0 Å². The number of hydrogen-bond donors (Lipinski definition) is 0. The molecule has 0 saturated heterocycles. The number of para-hydroxylation sites is 2. The normalized spacial score (nSPS) is 16.4. The molecule has 0 amide bonds. The minimum absolute atomic E-state index is 0.0405. The molecule has 0 aliphatic carbocycles. The first-order valence-corrected chi connectivity index (χ1v) is 8.89. The topological polar surface area (TPSA) is 64.8 Å². The van der Waals surface area contributed by atoms with Crippen LogP contribution in [0.4, 0.5) is 19.0 Å². The fraction of sp³-hybridized carbons (Fsp3) is 0.389. The zero-order valence-electron chi connectivity index (χ0n) is 15.1. The lowest BCUT2D eigenvalue weighted by Gasteiger charge is -2.31. The summed E-state index contributed by atoms with van der Waals surface area (Å²) in [5, 5.41) is 10.9. The Morgan fingerprint density at radius 1 is 1.14 bits per heavy atom. The predicted molar refractivity (Wildman–Crippen MR) is 94.6 cm³/mol. The van der Waals surface area contributed by atoms with Gasteiger partial charge in [-0.25, -0.2) is 0 Å². The molecule has 148 valence electrons. The van der Waals surface area contributed by atoms with Crippen molar-refractivity contribution in [2.24, 2.45) is 0 Å². The molecular formula is C18H18F3N5O2. The standard InChI is InChI=1S/C18H18F3N5O2/c1-2-9-25(10-12-11-27-13-5-3-4-6-14(13)28-12)16-8-7-15-22-23-17(18(19,20)21)26(15)24-16/h3-8,12H,2,9-11H2,1H3/t12-/m0/s1. The van der Waals surface area contributed by atoms with Crippen LogP contribution in [-0.2, 0) is 6.18 Å². The van der Waals surface area contributed by atoms with Gasteiger partial charge < -0.3 is 14.4 Å². The van der Waals surface area contributed by atoms with Crippen LogP contribution >= 0.6 is 0 Å². The number of aromatic nitrogens is 4. The average Bonchev–Trinajstić information content (AvgIpc) is 3.11. The van der Waals surface area contributed by atoms with Crippen LogP contribution in [0.1, 0.15) is 19.2 Å². The van der Waals surface area contributed by atoms with Gasteiger partial charge in [0.05, 0.1) is 6.54 Å². The third-order valence-electron chi connectivity index (χ3n) is 4.31. The van der Waals surface area contributed by atoms with Crippen LogP contribution in [0.25, 0.3) is 5.65 Å². The minimum Gasteiger partial charge on any atom is -0.486 e. The molecule has 0 spiro atoms. The number of alkyl halides is 3. The molecule has 1 aromatic carbocycles. The highest BCUT2D eigenvalue weighted by Gasteiger charge is 2.38. The molecule has 0 unspecified atom stereocenters. The molecule has 0 N–H and O–H groups in total. The van der Waals surface area contributed by atoms with Crippen molar-refractivity contribution in [1.29, 1.82) is 0 Å². The van der Waals surface area contributed by atoms with Crippen LogP contribution in [0.5, 0.6) is 11.5 Å². The van der Waals surface area contributed by atoms with Gasteiger partial charge >= 0.3 is 6.18 Å². The summed E-state index contributed by atoms with van der Waals surface area (Å²) in [7, 11) is 0. The number of ether oxygens (including phenoxy) is 2. The molecule has 0 bridgehead atoms. The average molecular weight is 393 g/mol. The van der Waals surface area contributed by atoms with Gasteiger partial charge in [0.1, 0.15) is 12.4 Å². The largest absolute Gasteiger partial charge is 0.486 e. The van der Waals surface area contributed by atoms with E-state index in [1.165, 1.54) is 6.07 Å². The molecule has 3 heterocycles. The third kappa shape index (κ3) is 3.54. The molecule has 1 aliphatic rings. The summed E-state index contributed by atoms with van der Waals surface area (Å²) in [6.07, 6.45) is -4.12. The Labute approximate surface area is 158 Å². The summed E-state index contributed by atoms with van der Waals surface area (Å²) < 4.78 is 51.8. The van der Waals surface area contributed by atoms with Gasteiger partial charge in [-0.1, -0.05) is 19.1 Å². The summed E-state index contributed by atoms with van der Waals surface area (Å²) in [6, 6.07) is 10.5. The van der Waals surface area contributed by atoms with E-state index >= 15 is 0 Å². The highest BCUT2D eigenvalue weighted by atomic mass is 19.4. The quantitative estimate of drug-likeness (QED) is 0.663. The van der Waals surface area contributed by atoms with Crippen molar-refractivity contribution < 1.29 is 22.6 Å². The smallest absolute Gasteiger partial charge is 0.453 e. The van der Waals surface area contributed by atoms with E-state index in [1.807, 2.05) is 36.1 Å². The lowest BCUT2D eigenvalue weighted by molar-refractivity contribution is -0.146. The number of hydrogen-bond acceptors (Lipinski definition) is 6. The lowest BCUT2D eigenvalue weighted by Crippen LogP contribution is -2.42. The second-order valence-electron chi connectivity index (χ2n) is 6.43. The van der Waals surface area contributed by atoms with Gasteiger partial charge in [-0.15, -0.1) is 15.3 Å². The zero-order valence-corrected chi connectivity index (χ0v) is 15.1. The summed E-state index contributed by atoms with van der Waals surface area (Å²) in [5.41, 5.74) is 0.0405. The molecule has 10 heteroatoms. The Bertz CT molecular complexity index is 975. The Kier molecular flexibility index (Phi) is 4.70. The third-order valence-corrected chi connectivity index (χ3v) is 4.31. The summed E-state index contributed by atoms with van der Waals surface area (Å²) in [5.74, 6) is 0.575. The molecule has 1 aliphatic heterocycles. The first kappa shape index (κ1) is 18.3.